The van der Waals surface area contributed by atoms with Crippen molar-refractivity contribution in [3.05, 3.63) is 34.3 Å². The molecule has 2 rings (SSSR count). The molecule has 0 atom stereocenters. The normalized spacial score (nSPS) is 10.3. The zero-order chi connectivity index (χ0) is 9.26. The van der Waals surface area contributed by atoms with Crippen LogP contribution in [0.1, 0.15) is 5.82 Å². The highest BCUT2D eigenvalue weighted by atomic mass is 127. The minimum atomic E-state index is 0.856. The molecule has 0 bridgehead atoms. The van der Waals surface area contributed by atoms with Crippen LogP contribution in [0, 0.1) is 10.6 Å². The van der Waals surface area contributed by atoms with E-state index >= 15 is 0 Å². The van der Waals surface area contributed by atoms with Gasteiger partial charge in [-0.1, -0.05) is 0 Å². The molecule has 13 heavy (non-hydrogen) atoms. The molecule has 0 saturated heterocycles. The van der Waals surface area contributed by atoms with Gasteiger partial charge in [0.1, 0.15) is 21.7 Å². The first kappa shape index (κ1) is 8.61. The maximum atomic E-state index is 4.15. The highest BCUT2D eigenvalue weighted by molar-refractivity contribution is 14.1. The van der Waals surface area contributed by atoms with Crippen LogP contribution in [0.15, 0.2) is 24.8 Å². The summed E-state index contributed by atoms with van der Waals surface area (Å²) < 4.78 is 2.85. The highest BCUT2D eigenvalue weighted by Crippen LogP contribution is 2.08. The lowest BCUT2D eigenvalue weighted by molar-refractivity contribution is 0.915. The number of halogens is 1. The van der Waals surface area contributed by atoms with E-state index in [0.29, 0.717) is 0 Å². The summed E-state index contributed by atoms with van der Waals surface area (Å²) in [5.41, 5.74) is 0. The SMILES string of the molecule is Cc1nccn1-c1cc(I)ncn1. The van der Waals surface area contributed by atoms with Crippen LogP contribution in [0.25, 0.3) is 5.82 Å². The molecule has 2 aromatic heterocycles. The summed E-state index contributed by atoms with van der Waals surface area (Å²) in [6.45, 7) is 1.94. The lowest BCUT2D eigenvalue weighted by atomic mass is 10.5. The molecule has 0 aliphatic carbocycles. The fraction of sp³-hybridized carbons (Fsp3) is 0.125. The summed E-state index contributed by atoms with van der Waals surface area (Å²) in [4.78, 5) is 12.3. The third kappa shape index (κ3) is 1.69. The third-order valence-electron chi connectivity index (χ3n) is 1.69. The van der Waals surface area contributed by atoms with E-state index in [-0.39, 0.29) is 0 Å². The summed E-state index contributed by atoms with van der Waals surface area (Å²) >= 11 is 2.16. The molecule has 0 radical (unpaired) electrons. The van der Waals surface area contributed by atoms with Crippen LogP contribution in [0.5, 0.6) is 0 Å². The van der Waals surface area contributed by atoms with Gasteiger partial charge in [-0.25, -0.2) is 15.0 Å². The van der Waals surface area contributed by atoms with Crippen molar-refractivity contribution < 1.29 is 0 Å². The molecule has 4 nitrogen and oxygen atoms in total. The molecule has 0 amide bonds. The van der Waals surface area contributed by atoms with Gasteiger partial charge in [-0.05, 0) is 29.5 Å². The molecular formula is C8H7IN4. The Morgan fingerprint density at radius 2 is 2.15 bits per heavy atom. The van der Waals surface area contributed by atoms with Gasteiger partial charge < -0.3 is 0 Å². The topological polar surface area (TPSA) is 43.6 Å². The summed E-state index contributed by atoms with van der Waals surface area (Å²) in [5.74, 6) is 1.78. The molecule has 66 valence electrons. The number of hydrogen-bond acceptors (Lipinski definition) is 3. The second-order valence-corrected chi connectivity index (χ2v) is 3.65. The smallest absolute Gasteiger partial charge is 0.142 e. The maximum Gasteiger partial charge on any atom is 0.142 e. The number of hydrogen-bond donors (Lipinski definition) is 0. The Kier molecular flexibility index (Phi) is 2.26. The van der Waals surface area contributed by atoms with Crippen molar-refractivity contribution in [2.45, 2.75) is 6.92 Å². The summed E-state index contributed by atoms with van der Waals surface area (Å²) in [6.07, 6.45) is 5.19. The lowest BCUT2D eigenvalue weighted by Crippen LogP contribution is -1.99. The van der Waals surface area contributed by atoms with Crippen molar-refractivity contribution in [3.63, 3.8) is 0 Å². The van der Waals surface area contributed by atoms with Crippen molar-refractivity contribution in [1.82, 2.24) is 19.5 Å². The first-order valence-corrected chi connectivity index (χ1v) is 4.83. The number of aryl methyl sites for hydroxylation is 1. The molecule has 2 aromatic rings. The predicted octanol–water partition coefficient (Wildman–Crippen LogP) is 1.58. The maximum absolute atomic E-state index is 4.15. The van der Waals surface area contributed by atoms with Gasteiger partial charge in [-0.2, -0.15) is 0 Å². The summed E-state index contributed by atoms with van der Waals surface area (Å²) in [7, 11) is 0. The third-order valence-corrected chi connectivity index (χ3v) is 2.28. The fourth-order valence-corrected chi connectivity index (χ4v) is 1.48. The van der Waals surface area contributed by atoms with Crippen molar-refractivity contribution in [1.29, 1.82) is 0 Å². The average molecular weight is 286 g/mol. The van der Waals surface area contributed by atoms with E-state index in [1.165, 1.54) is 0 Å². The Morgan fingerprint density at radius 1 is 1.31 bits per heavy atom. The summed E-state index contributed by atoms with van der Waals surface area (Å²) in [5, 5.41) is 0. The van der Waals surface area contributed by atoms with E-state index in [9.17, 15) is 0 Å². The Morgan fingerprint density at radius 3 is 2.77 bits per heavy atom. The standard InChI is InChI=1S/C8H7IN4/c1-6-10-2-3-13(6)8-4-7(9)11-5-12-8/h2-5H,1H3. The molecule has 0 aliphatic rings. The molecule has 2 heterocycles. The Labute approximate surface area is 89.2 Å². The van der Waals surface area contributed by atoms with E-state index in [1.807, 2.05) is 23.8 Å². The monoisotopic (exact) mass is 286 g/mol. The van der Waals surface area contributed by atoms with E-state index in [2.05, 4.69) is 37.5 Å². The van der Waals surface area contributed by atoms with E-state index < -0.39 is 0 Å². The molecule has 0 spiro atoms. The van der Waals surface area contributed by atoms with Gasteiger partial charge in [0.15, 0.2) is 0 Å². The highest BCUT2D eigenvalue weighted by Gasteiger charge is 2.01. The van der Waals surface area contributed by atoms with E-state index in [4.69, 9.17) is 0 Å². The summed E-state index contributed by atoms with van der Waals surface area (Å²) in [6, 6.07) is 1.91. The van der Waals surface area contributed by atoms with Gasteiger partial charge in [-0.15, -0.1) is 0 Å². The van der Waals surface area contributed by atoms with Gasteiger partial charge in [0.05, 0.1) is 0 Å². The fourth-order valence-electron chi connectivity index (χ4n) is 1.08. The molecular weight excluding hydrogens is 279 g/mol. The van der Waals surface area contributed by atoms with Gasteiger partial charge in [0, 0.05) is 18.5 Å². The zero-order valence-electron chi connectivity index (χ0n) is 6.98. The van der Waals surface area contributed by atoms with Crippen molar-refractivity contribution in [2.24, 2.45) is 0 Å². The number of aromatic nitrogens is 4. The van der Waals surface area contributed by atoms with Crippen LogP contribution >= 0.6 is 22.6 Å². The van der Waals surface area contributed by atoms with Crippen LogP contribution in [-0.2, 0) is 0 Å². The molecule has 0 N–H and O–H groups in total. The number of imidazole rings is 1. The molecule has 5 heteroatoms. The van der Waals surface area contributed by atoms with Crippen LogP contribution in [0.2, 0.25) is 0 Å². The van der Waals surface area contributed by atoms with Crippen LogP contribution in [-0.4, -0.2) is 19.5 Å². The Hall–Kier alpha value is -0.980. The quantitative estimate of drug-likeness (QED) is 0.590. The second kappa shape index (κ2) is 3.41. The van der Waals surface area contributed by atoms with E-state index in [1.54, 1.807) is 12.5 Å². The first-order chi connectivity index (χ1) is 6.27. The minimum Gasteiger partial charge on any atom is -0.288 e. The molecule has 0 aromatic carbocycles. The Bertz CT molecular complexity index is 424. The van der Waals surface area contributed by atoms with E-state index in [0.717, 1.165) is 15.3 Å². The molecule has 0 unspecified atom stereocenters. The first-order valence-electron chi connectivity index (χ1n) is 3.75. The number of rotatable bonds is 1. The zero-order valence-corrected chi connectivity index (χ0v) is 9.13. The lowest BCUT2D eigenvalue weighted by Gasteiger charge is -2.02. The van der Waals surface area contributed by atoms with Crippen LogP contribution in [0.4, 0.5) is 0 Å². The average Bonchev–Trinajstić information content (AvgIpc) is 2.51. The van der Waals surface area contributed by atoms with Crippen molar-refractivity contribution in [3.8, 4) is 5.82 Å². The minimum absolute atomic E-state index is 0.856. The van der Waals surface area contributed by atoms with Crippen LogP contribution in [0.3, 0.4) is 0 Å². The van der Waals surface area contributed by atoms with Crippen molar-refractivity contribution >= 4 is 22.6 Å². The van der Waals surface area contributed by atoms with Crippen molar-refractivity contribution in [2.75, 3.05) is 0 Å². The molecule has 0 aliphatic heterocycles. The van der Waals surface area contributed by atoms with Gasteiger partial charge in [0.2, 0.25) is 0 Å². The number of nitrogens with zero attached hydrogens (tertiary/aromatic N) is 4. The van der Waals surface area contributed by atoms with Gasteiger partial charge in [-0.3, -0.25) is 4.57 Å². The molecule has 0 saturated carbocycles. The van der Waals surface area contributed by atoms with Gasteiger partial charge in [0.25, 0.3) is 0 Å². The van der Waals surface area contributed by atoms with Gasteiger partial charge >= 0.3 is 0 Å². The second-order valence-electron chi connectivity index (χ2n) is 2.54. The van der Waals surface area contributed by atoms with Crippen LogP contribution < -0.4 is 0 Å². The predicted molar refractivity (Wildman–Crippen MR) is 56.6 cm³/mol. The largest absolute Gasteiger partial charge is 0.288 e. The molecule has 0 fully saturated rings. The Balaban J connectivity index is 2.53.